The van der Waals surface area contributed by atoms with Gasteiger partial charge in [-0.1, -0.05) is 12.2 Å². The van der Waals surface area contributed by atoms with Gasteiger partial charge < -0.3 is 4.74 Å². The van der Waals surface area contributed by atoms with Crippen molar-refractivity contribution in [2.24, 2.45) is 5.92 Å². The fraction of sp³-hybridized carbons (Fsp3) is 0.750. The molecule has 1 aliphatic carbocycles. The summed E-state index contributed by atoms with van der Waals surface area (Å²) in [6.07, 6.45) is 8.84. The van der Waals surface area contributed by atoms with Crippen LogP contribution in [0.5, 0.6) is 0 Å². The number of allylic oxidation sites excluding steroid dienone is 1. The Bertz CT molecular complexity index is 129. The molecule has 2 rings (SSSR count). The zero-order valence-corrected chi connectivity index (χ0v) is 5.55. The molecule has 0 aromatic heterocycles. The second kappa shape index (κ2) is 2.14. The van der Waals surface area contributed by atoms with Crippen LogP contribution in [-0.4, -0.2) is 12.7 Å². The Hall–Kier alpha value is -0.300. The van der Waals surface area contributed by atoms with E-state index in [1.165, 1.54) is 12.8 Å². The predicted molar refractivity (Wildman–Crippen MR) is 36.2 cm³/mol. The van der Waals surface area contributed by atoms with E-state index >= 15 is 0 Å². The summed E-state index contributed by atoms with van der Waals surface area (Å²) in [5.74, 6) is 0.845. The molecule has 0 saturated carbocycles. The molecule has 1 saturated heterocycles. The largest absolute Gasteiger partial charge is 0.378 e. The molecular weight excluding hydrogens is 112 g/mol. The molecule has 0 aromatic carbocycles. The Morgan fingerprint density at radius 1 is 1.44 bits per heavy atom. The standard InChI is InChI=1S/C8H12O/c1-2-7-4-5-9-8(3-1)6-7/h1-2,7-8H,3-6H2. The SMILES string of the molecule is C1=CC2CCOC(C1)C2. The van der Waals surface area contributed by atoms with Crippen LogP contribution in [0.3, 0.4) is 0 Å². The van der Waals surface area contributed by atoms with Crippen LogP contribution >= 0.6 is 0 Å². The molecule has 2 atom stereocenters. The Morgan fingerprint density at radius 3 is 3.22 bits per heavy atom. The molecule has 0 amide bonds. The van der Waals surface area contributed by atoms with Crippen molar-refractivity contribution in [3.8, 4) is 0 Å². The number of ether oxygens (including phenoxy) is 1. The van der Waals surface area contributed by atoms with Crippen LogP contribution in [0.25, 0.3) is 0 Å². The van der Waals surface area contributed by atoms with Gasteiger partial charge in [0.25, 0.3) is 0 Å². The Kier molecular flexibility index (Phi) is 1.31. The lowest BCUT2D eigenvalue weighted by atomic mass is 9.89. The van der Waals surface area contributed by atoms with E-state index in [2.05, 4.69) is 12.2 Å². The topological polar surface area (TPSA) is 9.23 Å². The molecule has 2 aliphatic rings. The summed E-state index contributed by atoms with van der Waals surface area (Å²) in [6, 6.07) is 0. The van der Waals surface area contributed by atoms with E-state index in [0.29, 0.717) is 6.10 Å². The number of hydrogen-bond acceptors (Lipinski definition) is 1. The summed E-state index contributed by atoms with van der Waals surface area (Å²) in [5.41, 5.74) is 0. The molecule has 1 fully saturated rings. The smallest absolute Gasteiger partial charge is 0.0615 e. The first-order valence-electron chi connectivity index (χ1n) is 3.73. The lowest BCUT2D eigenvalue weighted by molar-refractivity contribution is -0.00224. The highest BCUT2D eigenvalue weighted by atomic mass is 16.5. The van der Waals surface area contributed by atoms with Crippen molar-refractivity contribution < 1.29 is 4.74 Å². The van der Waals surface area contributed by atoms with Crippen molar-refractivity contribution in [1.82, 2.24) is 0 Å². The van der Waals surface area contributed by atoms with Gasteiger partial charge in [-0.15, -0.1) is 0 Å². The van der Waals surface area contributed by atoms with E-state index in [4.69, 9.17) is 4.74 Å². The van der Waals surface area contributed by atoms with Crippen LogP contribution in [0.4, 0.5) is 0 Å². The zero-order chi connectivity index (χ0) is 6.10. The maximum absolute atomic E-state index is 5.50. The summed E-state index contributed by atoms with van der Waals surface area (Å²) in [6.45, 7) is 0.986. The van der Waals surface area contributed by atoms with Crippen molar-refractivity contribution in [3.05, 3.63) is 12.2 Å². The van der Waals surface area contributed by atoms with Gasteiger partial charge in [-0.25, -0.2) is 0 Å². The van der Waals surface area contributed by atoms with Crippen LogP contribution in [0.15, 0.2) is 12.2 Å². The third kappa shape index (κ3) is 1.01. The van der Waals surface area contributed by atoms with Crippen molar-refractivity contribution in [1.29, 1.82) is 0 Å². The molecule has 0 N–H and O–H groups in total. The molecule has 1 aliphatic heterocycles. The zero-order valence-electron chi connectivity index (χ0n) is 5.55. The first-order valence-corrected chi connectivity index (χ1v) is 3.73. The van der Waals surface area contributed by atoms with Gasteiger partial charge in [0.2, 0.25) is 0 Å². The normalized spacial score (nSPS) is 40.9. The summed E-state index contributed by atoms with van der Waals surface area (Å²) >= 11 is 0. The van der Waals surface area contributed by atoms with Crippen molar-refractivity contribution >= 4 is 0 Å². The summed E-state index contributed by atoms with van der Waals surface area (Å²) in [4.78, 5) is 0. The van der Waals surface area contributed by atoms with Crippen LogP contribution in [0, 0.1) is 5.92 Å². The summed E-state index contributed by atoms with van der Waals surface area (Å²) < 4.78 is 5.50. The molecule has 2 bridgehead atoms. The van der Waals surface area contributed by atoms with Crippen molar-refractivity contribution in [3.63, 3.8) is 0 Å². The van der Waals surface area contributed by atoms with Gasteiger partial charge in [0, 0.05) is 6.61 Å². The minimum Gasteiger partial charge on any atom is -0.378 e. The van der Waals surface area contributed by atoms with Gasteiger partial charge in [-0.05, 0) is 25.2 Å². The Balaban J connectivity index is 2.09. The van der Waals surface area contributed by atoms with Crippen LogP contribution in [0.1, 0.15) is 19.3 Å². The summed E-state index contributed by atoms with van der Waals surface area (Å²) in [7, 11) is 0. The fourth-order valence-electron chi connectivity index (χ4n) is 1.67. The van der Waals surface area contributed by atoms with Gasteiger partial charge in [-0.2, -0.15) is 0 Å². The Morgan fingerprint density at radius 2 is 2.44 bits per heavy atom. The van der Waals surface area contributed by atoms with Crippen molar-refractivity contribution in [2.45, 2.75) is 25.4 Å². The maximum atomic E-state index is 5.50. The predicted octanol–water partition coefficient (Wildman–Crippen LogP) is 1.74. The molecule has 1 heteroatoms. The molecule has 50 valence electrons. The van der Waals surface area contributed by atoms with E-state index in [0.717, 1.165) is 18.9 Å². The molecule has 1 nitrogen and oxygen atoms in total. The quantitative estimate of drug-likeness (QED) is 0.447. The van der Waals surface area contributed by atoms with E-state index in [9.17, 15) is 0 Å². The highest BCUT2D eigenvalue weighted by Crippen LogP contribution is 2.27. The number of fused-ring (bicyclic) bond motifs is 2. The monoisotopic (exact) mass is 124 g/mol. The minimum atomic E-state index is 0.564. The minimum absolute atomic E-state index is 0.564. The number of hydrogen-bond donors (Lipinski definition) is 0. The molecule has 0 aromatic rings. The number of rotatable bonds is 0. The third-order valence-corrected chi connectivity index (χ3v) is 2.22. The first-order chi connectivity index (χ1) is 4.45. The van der Waals surface area contributed by atoms with Crippen LogP contribution in [-0.2, 0) is 4.74 Å². The van der Waals surface area contributed by atoms with Crippen LogP contribution < -0.4 is 0 Å². The first kappa shape index (κ1) is 5.48. The van der Waals surface area contributed by atoms with Gasteiger partial charge >= 0.3 is 0 Å². The average Bonchev–Trinajstić information content (AvgIpc) is 1.88. The van der Waals surface area contributed by atoms with Gasteiger partial charge in [0.15, 0.2) is 0 Å². The highest BCUT2D eigenvalue weighted by Gasteiger charge is 2.22. The molecule has 9 heavy (non-hydrogen) atoms. The van der Waals surface area contributed by atoms with Gasteiger partial charge in [0.05, 0.1) is 6.10 Å². The van der Waals surface area contributed by atoms with E-state index < -0.39 is 0 Å². The summed E-state index contributed by atoms with van der Waals surface area (Å²) in [5, 5.41) is 0. The highest BCUT2D eigenvalue weighted by molar-refractivity contribution is 4.98. The fourth-order valence-corrected chi connectivity index (χ4v) is 1.67. The van der Waals surface area contributed by atoms with Crippen molar-refractivity contribution in [2.75, 3.05) is 6.61 Å². The second-order valence-corrected chi connectivity index (χ2v) is 2.94. The molecule has 0 spiro atoms. The Labute approximate surface area is 55.7 Å². The van der Waals surface area contributed by atoms with Gasteiger partial charge in [0.1, 0.15) is 0 Å². The lowest BCUT2D eigenvalue weighted by Crippen LogP contribution is -2.26. The molecule has 0 radical (unpaired) electrons. The molecular formula is C8H12O. The van der Waals surface area contributed by atoms with E-state index in [-0.39, 0.29) is 0 Å². The average molecular weight is 124 g/mol. The second-order valence-electron chi connectivity index (χ2n) is 2.94. The van der Waals surface area contributed by atoms with E-state index in [1.54, 1.807) is 0 Å². The van der Waals surface area contributed by atoms with E-state index in [1.807, 2.05) is 0 Å². The van der Waals surface area contributed by atoms with Crippen LogP contribution in [0.2, 0.25) is 0 Å². The lowest BCUT2D eigenvalue weighted by Gasteiger charge is -2.30. The third-order valence-electron chi connectivity index (χ3n) is 2.22. The van der Waals surface area contributed by atoms with Gasteiger partial charge in [-0.3, -0.25) is 0 Å². The molecule has 1 heterocycles. The molecule has 2 unspecified atom stereocenters. The maximum Gasteiger partial charge on any atom is 0.0615 e.